The summed E-state index contributed by atoms with van der Waals surface area (Å²) in [4.78, 5) is 11.5. The Bertz CT molecular complexity index is 641. The fourth-order valence-corrected chi connectivity index (χ4v) is 3.21. The zero-order chi connectivity index (χ0) is 15.4. The third-order valence-corrected chi connectivity index (χ3v) is 4.34. The molecule has 6 heteroatoms. The molecule has 4 nitrogen and oxygen atoms in total. The van der Waals surface area contributed by atoms with Gasteiger partial charge in [0.1, 0.15) is 10.7 Å². The fraction of sp³-hybridized carbons (Fsp3) is 0.400. The number of benzene rings is 1. The van der Waals surface area contributed by atoms with Crippen LogP contribution in [0.2, 0.25) is 0 Å². The summed E-state index contributed by atoms with van der Waals surface area (Å²) in [5.41, 5.74) is 0.504. The van der Waals surface area contributed by atoms with Gasteiger partial charge in [0.15, 0.2) is 0 Å². The summed E-state index contributed by atoms with van der Waals surface area (Å²) in [6.45, 7) is 5.32. The predicted octanol–water partition coefficient (Wildman–Crippen LogP) is 3.25. The molecule has 2 rings (SSSR count). The first-order valence-corrected chi connectivity index (χ1v) is 7.60. The third-order valence-electron chi connectivity index (χ3n) is 3.16. The molecule has 114 valence electrons. The number of hydrogen-bond acceptors (Lipinski definition) is 4. The summed E-state index contributed by atoms with van der Waals surface area (Å²) >= 11 is 1.10. The van der Waals surface area contributed by atoms with E-state index in [0.29, 0.717) is 35.4 Å². The summed E-state index contributed by atoms with van der Waals surface area (Å²) in [5, 5.41) is 12.9. The molecule has 0 amide bonds. The van der Waals surface area contributed by atoms with Gasteiger partial charge in [-0.05, 0) is 26.0 Å². The van der Waals surface area contributed by atoms with Crippen molar-refractivity contribution in [1.82, 2.24) is 5.32 Å². The molecule has 0 aliphatic rings. The van der Waals surface area contributed by atoms with Crippen LogP contribution in [0.3, 0.4) is 0 Å². The van der Waals surface area contributed by atoms with Crippen molar-refractivity contribution in [1.29, 1.82) is 0 Å². The Balaban J connectivity index is 2.28. The van der Waals surface area contributed by atoms with Gasteiger partial charge in [0, 0.05) is 34.8 Å². The highest BCUT2D eigenvalue weighted by atomic mass is 32.1. The van der Waals surface area contributed by atoms with Gasteiger partial charge >= 0.3 is 5.97 Å². The number of carboxylic acids is 1. The van der Waals surface area contributed by atoms with E-state index in [1.807, 2.05) is 13.8 Å². The van der Waals surface area contributed by atoms with Crippen molar-refractivity contribution in [3.8, 4) is 0 Å². The Labute approximate surface area is 126 Å². The number of thiophene rings is 1. The second-order valence-corrected chi connectivity index (χ2v) is 5.82. The van der Waals surface area contributed by atoms with Gasteiger partial charge in [-0.2, -0.15) is 0 Å². The summed E-state index contributed by atoms with van der Waals surface area (Å²) in [6.07, 6.45) is 0. The lowest BCUT2D eigenvalue weighted by atomic mass is 10.1. The van der Waals surface area contributed by atoms with Gasteiger partial charge in [-0.25, -0.2) is 9.18 Å². The molecule has 1 atom stereocenters. The minimum Gasteiger partial charge on any atom is -0.477 e. The molecule has 1 aromatic carbocycles. The largest absolute Gasteiger partial charge is 0.477 e. The maximum absolute atomic E-state index is 14.0. The lowest BCUT2D eigenvalue weighted by Gasteiger charge is -2.13. The monoisotopic (exact) mass is 311 g/mol. The topological polar surface area (TPSA) is 58.6 Å². The fourth-order valence-electron chi connectivity index (χ4n) is 2.14. The molecule has 0 fully saturated rings. The van der Waals surface area contributed by atoms with E-state index in [4.69, 9.17) is 4.74 Å². The Morgan fingerprint density at radius 3 is 2.95 bits per heavy atom. The number of halogens is 1. The highest BCUT2D eigenvalue weighted by Crippen LogP contribution is 2.33. The molecule has 0 spiro atoms. The molecule has 1 aromatic heterocycles. The standard InChI is InChI=1S/C15H18FNO3S/c1-3-20-8-9(2)17-7-10-13-11(16)5-4-6-12(13)21-14(10)15(18)19/h4-6,9,17H,3,7-8H2,1-2H3,(H,18,19). The van der Waals surface area contributed by atoms with E-state index in [0.717, 1.165) is 11.3 Å². The molecule has 0 aliphatic heterocycles. The first kappa shape index (κ1) is 15.9. The van der Waals surface area contributed by atoms with Crippen LogP contribution >= 0.6 is 11.3 Å². The molecule has 21 heavy (non-hydrogen) atoms. The molecular weight excluding hydrogens is 293 g/mol. The smallest absolute Gasteiger partial charge is 0.346 e. The van der Waals surface area contributed by atoms with Crippen molar-refractivity contribution in [2.75, 3.05) is 13.2 Å². The molecule has 2 N–H and O–H groups in total. The first-order valence-electron chi connectivity index (χ1n) is 6.78. The SMILES string of the molecule is CCOCC(C)NCc1c(C(=O)O)sc2cccc(F)c12. The van der Waals surface area contributed by atoms with Crippen LogP contribution in [0.25, 0.3) is 10.1 Å². The summed E-state index contributed by atoms with van der Waals surface area (Å²) in [5.74, 6) is -1.41. The van der Waals surface area contributed by atoms with Crippen molar-refractivity contribution in [3.63, 3.8) is 0 Å². The minimum atomic E-state index is -1.02. The number of carbonyl (C=O) groups is 1. The summed E-state index contributed by atoms with van der Waals surface area (Å²) < 4.78 is 20.0. The van der Waals surface area contributed by atoms with Gasteiger partial charge in [0.25, 0.3) is 0 Å². The Kier molecular flexibility index (Phi) is 5.27. The van der Waals surface area contributed by atoms with E-state index in [1.165, 1.54) is 6.07 Å². The van der Waals surface area contributed by atoms with Crippen LogP contribution in [-0.4, -0.2) is 30.3 Å². The van der Waals surface area contributed by atoms with Crippen molar-refractivity contribution < 1.29 is 19.0 Å². The second-order valence-electron chi connectivity index (χ2n) is 4.77. The lowest BCUT2D eigenvalue weighted by Crippen LogP contribution is -2.30. The number of aromatic carboxylic acids is 1. The van der Waals surface area contributed by atoms with Crippen LogP contribution in [0.5, 0.6) is 0 Å². The van der Waals surface area contributed by atoms with Crippen molar-refractivity contribution in [2.24, 2.45) is 0 Å². The Morgan fingerprint density at radius 2 is 2.29 bits per heavy atom. The average molecular weight is 311 g/mol. The van der Waals surface area contributed by atoms with Gasteiger partial charge in [0.2, 0.25) is 0 Å². The maximum atomic E-state index is 14.0. The van der Waals surface area contributed by atoms with E-state index >= 15 is 0 Å². The van der Waals surface area contributed by atoms with E-state index in [2.05, 4.69) is 5.32 Å². The zero-order valence-electron chi connectivity index (χ0n) is 12.0. The molecule has 0 saturated heterocycles. The normalized spacial score (nSPS) is 12.7. The number of hydrogen-bond donors (Lipinski definition) is 2. The number of nitrogens with one attached hydrogen (secondary N) is 1. The van der Waals surface area contributed by atoms with Crippen LogP contribution < -0.4 is 5.32 Å². The van der Waals surface area contributed by atoms with Gasteiger partial charge in [-0.15, -0.1) is 11.3 Å². The van der Waals surface area contributed by atoms with E-state index < -0.39 is 5.97 Å². The molecule has 0 saturated carbocycles. The Hall–Kier alpha value is -1.50. The van der Waals surface area contributed by atoms with Crippen molar-refractivity contribution in [2.45, 2.75) is 26.4 Å². The van der Waals surface area contributed by atoms with Crippen molar-refractivity contribution >= 4 is 27.4 Å². The van der Waals surface area contributed by atoms with Crippen LogP contribution in [0.4, 0.5) is 4.39 Å². The molecule has 1 heterocycles. The molecule has 0 bridgehead atoms. The number of ether oxygens (including phenoxy) is 1. The maximum Gasteiger partial charge on any atom is 0.346 e. The van der Waals surface area contributed by atoms with Crippen LogP contribution in [-0.2, 0) is 11.3 Å². The van der Waals surface area contributed by atoms with Gasteiger partial charge in [0.05, 0.1) is 6.61 Å². The average Bonchev–Trinajstić information content (AvgIpc) is 2.83. The van der Waals surface area contributed by atoms with Crippen LogP contribution in [0.1, 0.15) is 29.1 Å². The summed E-state index contributed by atoms with van der Waals surface area (Å²) in [6, 6.07) is 4.75. The second kappa shape index (κ2) is 6.98. The molecular formula is C15H18FNO3S. The molecule has 0 aliphatic carbocycles. The quantitative estimate of drug-likeness (QED) is 0.824. The number of fused-ring (bicyclic) bond motifs is 1. The van der Waals surface area contributed by atoms with E-state index in [1.54, 1.807) is 12.1 Å². The number of rotatable bonds is 7. The highest BCUT2D eigenvalue weighted by molar-refractivity contribution is 7.21. The lowest BCUT2D eigenvalue weighted by molar-refractivity contribution is 0.0701. The molecule has 1 unspecified atom stereocenters. The zero-order valence-corrected chi connectivity index (χ0v) is 12.8. The van der Waals surface area contributed by atoms with E-state index in [9.17, 15) is 14.3 Å². The van der Waals surface area contributed by atoms with E-state index in [-0.39, 0.29) is 16.7 Å². The van der Waals surface area contributed by atoms with Gasteiger partial charge < -0.3 is 15.2 Å². The van der Waals surface area contributed by atoms with Crippen LogP contribution in [0.15, 0.2) is 18.2 Å². The summed E-state index contributed by atoms with van der Waals surface area (Å²) in [7, 11) is 0. The molecule has 2 aromatic rings. The molecule has 0 radical (unpaired) electrons. The van der Waals surface area contributed by atoms with Crippen molar-refractivity contribution in [3.05, 3.63) is 34.5 Å². The Morgan fingerprint density at radius 1 is 1.52 bits per heavy atom. The number of carboxylic acid groups (broad SMARTS) is 1. The van der Waals surface area contributed by atoms with Crippen LogP contribution in [0, 0.1) is 5.82 Å². The predicted molar refractivity (Wildman–Crippen MR) is 81.5 cm³/mol. The minimum absolute atomic E-state index is 0.0633. The van der Waals surface area contributed by atoms with Gasteiger partial charge in [-0.1, -0.05) is 6.07 Å². The highest BCUT2D eigenvalue weighted by Gasteiger charge is 2.20. The third kappa shape index (κ3) is 3.58. The first-order chi connectivity index (χ1) is 10.0. The van der Waals surface area contributed by atoms with Gasteiger partial charge in [-0.3, -0.25) is 0 Å².